The Balaban J connectivity index is 2.12. The summed E-state index contributed by atoms with van der Waals surface area (Å²) in [6, 6.07) is 0.209. The smallest absolute Gasteiger partial charge is 0.330 e. The molecular weight excluding hydrogens is 144 g/mol. The minimum Gasteiger partial charge on any atom is -0.343 e. The lowest BCUT2D eigenvalue weighted by Crippen LogP contribution is -2.56. The van der Waals surface area contributed by atoms with Gasteiger partial charge in [0, 0.05) is 0 Å². The number of nitrogens with one attached hydrogen (secondary N) is 1. The number of fused-ring (bicyclic) bond motifs is 1. The average Bonchev–Trinajstić information content (AvgIpc) is 2.36. The predicted octanol–water partition coefficient (Wildman–Crippen LogP) is -0.832. The topological polar surface area (TPSA) is 60.3 Å². The molecule has 2 unspecified atom stereocenters. The van der Waals surface area contributed by atoms with Gasteiger partial charge in [-0.3, -0.25) is 9.59 Å². The maximum Gasteiger partial charge on any atom is 0.330 e. The SMILES string of the molecule is O=C1[N]C2CCCC2NC1=O. The van der Waals surface area contributed by atoms with Gasteiger partial charge in [0.2, 0.25) is 0 Å². The molecule has 1 heterocycles. The second-order valence-electron chi connectivity index (χ2n) is 3.01. The van der Waals surface area contributed by atoms with Gasteiger partial charge in [0.25, 0.3) is 0 Å². The third-order valence-electron chi connectivity index (χ3n) is 2.27. The molecular formula is C7H9N2O2. The Morgan fingerprint density at radius 2 is 2.18 bits per heavy atom. The van der Waals surface area contributed by atoms with Gasteiger partial charge in [-0.15, -0.1) is 0 Å². The van der Waals surface area contributed by atoms with Gasteiger partial charge in [-0.1, -0.05) is 0 Å². The Kier molecular flexibility index (Phi) is 1.34. The van der Waals surface area contributed by atoms with Crippen molar-refractivity contribution >= 4 is 11.8 Å². The molecule has 11 heavy (non-hydrogen) atoms. The predicted molar refractivity (Wildman–Crippen MR) is 36.7 cm³/mol. The van der Waals surface area contributed by atoms with Crippen LogP contribution in [0.3, 0.4) is 0 Å². The van der Waals surface area contributed by atoms with Crippen LogP contribution in [0.15, 0.2) is 0 Å². The number of amides is 2. The van der Waals surface area contributed by atoms with E-state index in [9.17, 15) is 9.59 Å². The van der Waals surface area contributed by atoms with Crippen molar-refractivity contribution in [1.82, 2.24) is 10.6 Å². The zero-order valence-electron chi connectivity index (χ0n) is 6.04. The first-order chi connectivity index (χ1) is 5.27. The number of piperazine rings is 1. The molecule has 4 heteroatoms. The lowest BCUT2D eigenvalue weighted by Gasteiger charge is -2.24. The van der Waals surface area contributed by atoms with E-state index in [4.69, 9.17) is 0 Å². The summed E-state index contributed by atoms with van der Waals surface area (Å²) >= 11 is 0. The van der Waals surface area contributed by atoms with Gasteiger partial charge < -0.3 is 5.32 Å². The summed E-state index contributed by atoms with van der Waals surface area (Å²) in [5.41, 5.74) is 0. The Labute approximate surface area is 64.3 Å². The van der Waals surface area contributed by atoms with Crippen molar-refractivity contribution in [3.8, 4) is 0 Å². The lowest BCUT2D eigenvalue weighted by atomic mass is 10.1. The van der Waals surface area contributed by atoms with E-state index in [1.54, 1.807) is 0 Å². The van der Waals surface area contributed by atoms with Gasteiger partial charge in [-0.2, -0.15) is 0 Å². The van der Waals surface area contributed by atoms with E-state index >= 15 is 0 Å². The van der Waals surface area contributed by atoms with Gasteiger partial charge in [-0.25, -0.2) is 5.32 Å². The van der Waals surface area contributed by atoms with Crippen LogP contribution in [0.4, 0.5) is 0 Å². The first kappa shape index (κ1) is 6.64. The van der Waals surface area contributed by atoms with E-state index in [1.165, 1.54) is 0 Å². The van der Waals surface area contributed by atoms with Crippen LogP contribution in [-0.4, -0.2) is 23.9 Å². The normalized spacial score (nSPS) is 36.0. The zero-order valence-corrected chi connectivity index (χ0v) is 6.04. The third-order valence-corrected chi connectivity index (χ3v) is 2.27. The molecule has 4 nitrogen and oxygen atoms in total. The molecule has 1 aliphatic heterocycles. The summed E-state index contributed by atoms with van der Waals surface area (Å²) in [6.45, 7) is 0. The van der Waals surface area contributed by atoms with E-state index in [2.05, 4.69) is 10.6 Å². The first-order valence-corrected chi connectivity index (χ1v) is 3.83. The van der Waals surface area contributed by atoms with Crippen LogP contribution in [0, 0.1) is 0 Å². The largest absolute Gasteiger partial charge is 0.343 e. The highest BCUT2D eigenvalue weighted by Crippen LogP contribution is 2.21. The van der Waals surface area contributed by atoms with Crippen molar-refractivity contribution in [1.29, 1.82) is 0 Å². The molecule has 2 rings (SSSR count). The highest BCUT2D eigenvalue weighted by atomic mass is 16.2. The quantitative estimate of drug-likeness (QED) is 0.462. The standard InChI is InChI=1S/C7H9N2O2/c10-6-7(11)9-5-3-1-2-4(5)8-6/h4-5H,1-3H2,(H,8,10). The van der Waals surface area contributed by atoms with Gasteiger partial charge in [0.1, 0.15) is 0 Å². The summed E-state index contributed by atoms with van der Waals surface area (Å²) < 4.78 is 0. The number of hydrogen-bond donors (Lipinski definition) is 1. The Hall–Kier alpha value is -1.06. The van der Waals surface area contributed by atoms with Crippen LogP contribution >= 0.6 is 0 Å². The highest BCUT2D eigenvalue weighted by Gasteiger charge is 2.38. The molecule has 1 saturated carbocycles. The molecule has 1 N–H and O–H groups in total. The molecule has 59 valence electrons. The molecule has 0 aromatic carbocycles. The molecule has 1 saturated heterocycles. The van der Waals surface area contributed by atoms with Crippen molar-refractivity contribution < 1.29 is 9.59 Å². The number of nitrogens with zero attached hydrogens (tertiary/aromatic N) is 1. The van der Waals surface area contributed by atoms with Gasteiger partial charge >= 0.3 is 11.8 Å². The highest BCUT2D eigenvalue weighted by molar-refractivity contribution is 6.35. The van der Waals surface area contributed by atoms with E-state index in [0.717, 1.165) is 19.3 Å². The summed E-state index contributed by atoms with van der Waals surface area (Å²) in [4.78, 5) is 21.5. The molecule has 1 aliphatic carbocycles. The van der Waals surface area contributed by atoms with E-state index < -0.39 is 11.8 Å². The van der Waals surface area contributed by atoms with Crippen molar-refractivity contribution in [3.05, 3.63) is 0 Å². The second-order valence-corrected chi connectivity index (χ2v) is 3.01. The van der Waals surface area contributed by atoms with Crippen LogP contribution in [0.2, 0.25) is 0 Å². The van der Waals surface area contributed by atoms with E-state index in [0.29, 0.717) is 0 Å². The average molecular weight is 153 g/mol. The maximum absolute atomic E-state index is 10.8. The number of rotatable bonds is 0. The minimum absolute atomic E-state index is 0.0696. The van der Waals surface area contributed by atoms with Crippen molar-refractivity contribution in [3.63, 3.8) is 0 Å². The molecule has 2 atom stereocenters. The van der Waals surface area contributed by atoms with Gasteiger partial charge in [-0.05, 0) is 19.3 Å². The molecule has 1 radical (unpaired) electrons. The molecule has 0 aromatic heterocycles. The fraction of sp³-hybridized carbons (Fsp3) is 0.714. The van der Waals surface area contributed by atoms with Crippen LogP contribution in [-0.2, 0) is 9.59 Å². The Bertz CT molecular complexity index is 192. The van der Waals surface area contributed by atoms with Crippen molar-refractivity contribution in [2.45, 2.75) is 31.3 Å². The lowest BCUT2D eigenvalue weighted by molar-refractivity contribution is -0.142. The van der Waals surface area contributed by atoms with Crippen LogP contribution in [0.25, 0.3) is 0 Å². The van der Waals surface area contributed by atoms with E-state index in [-0.39, 0.29) is 12.1 Å². The summed E-state index contributed by atoms with van der Waals surface area (Å²) in [6.07, 6.45) is 2.97. The number of carbonyl (C=O) groups excluding carboxylic acids is 2. The number of carbonyl (C=O) groups is 2. The summed E-state index contributed by atoms with van der Waals surface area (Å²) in [7, 11) is 0. The van der Waals surface area contributed by atoms with Crippen molar-refractivity contribution in [2.24, 2.45) is 0 Å². The van der Waals surface area contributed by atoms with Crippen molar-refractivity contribution in [2.75, 3.05) is 0 Å². The molecule has 2 amide bonds. The minimum atomic E-state index is -0.604. The fourth-order valence-corrected chi connectivity index (χ4v) is 1.70. The van der Waals surface area contributed by atoms with E-state index in [1.807, 2.05) is 0 Å². The van der Waals surface area contributed by atoms with Crippen LogP contribution < -0.4 is 10.6 Å². The zero-order chi connectivity index (χ0) is 7.84. The fourth-order valence-electron chi connectivity index (χ4n) is 1.70. The summed E-state index contributed by atoms with van der Waals surface area (Å²) in [5.74, 6) is -1.14. The van der Waals surface area contributed by atoms with Gasteiger partial charge in [0.05, 0.1) is 12.1 Å². The van der Waals surface area contributed by atoms with Crippen LogP contribution in [0.1, 0.15) is 19.3 Å². The molecule has 0 bridgehead atoms. The maximum atomic E-state index is 10.8. The Morgan fingerprint density at radius 3 is 3.00 bits per heavy atom. The summed E-state index contributed by atoms with van der Waals surface area (Å²) in [5, 5.41) is 6.42. The monoisotopic (exact) mass is 153 g/mol. The molecule has 2 fully saturated rings. The second kappa shape index (κ2) is 2.22. The van der Waals surface area contributed by atoms with Crippen LogP contribution in [0.5, 0.6) is 0 Å². The molecule has 0 aromatic rings. The van der Waals surface area contributed by atoms with Gasteiger partial charge in [0.15, 0.2) is 0 Å². The molecule has 2 aliphatic rings. The Morgan fingerprint density at radius 1 is 1.36 bits per heavy atom. The molecule has 0 spiro atoms. The number of hydrogen-bond acceptors (Lipinski definition) is 2. The first-order valence-electron chi connectivity index (χ1n) is 3.83. The third kappa shape index (κ3) is 0.982.